The molecule has 0 aliphatic carbocycles. The fourth-order valence-corrected chi connectivity index (χ4v) is 1.28. The highest BCUT2D eigenvalue weighted by molar-refractivity contribution is 6.30. The molecule has 1 aromatic carbocycles. The molecule has 0 spiro atoms. The summed E-state index contributed by atoms with van der Waals surface area (Å²) in [6, 6.07) is 7.86. The van der Waals surface area contributed by atoms with E-state index in [1.54, 1.807) is 25.1 Å². The van der Waals surface area contributed by atoms with Crippen LogP contribution in [0.1, 0.15) is 5.69 Å². The van der Waals surface area contributed by atoms with Crippen LogP contribution in [0.15, 0.2) is 30.3 Å². The quantitative estimate of drug-likeness (QED) is 0.805. The first kappa shape index (κ1) is 10.8. The number of hydrogen-bond donors (Lipinski definition) is 0. The van der Waals surface area contributed by atoms with Gasteiger partial charge in [0.05, 0.1) is 10.7 Å². The zero-order chi connectivity index (χ0) is 11.5. The van der Waals surface area contributed by atoms with Gasteiger partial charge in [-0.3, -0.25) is 0 Å². The Kier molecular flexibility index (Phi) is 3.01. The molecule has 0 atom stereocenters. The minimum Gasteiger partial charge on any atom is -0.434 e. The van der Waals surface area contributed by atoms with Crippen molar-refractivity contribution in [1.82, 2.24) is 10.2 Å². The van der Waals surface area contributed by atoms with Gasteiger partial charge < -0.3 is 4.74 Å². The van der Waals surface area contributed by atoms with Gasteiger partial charge in [-0.1, -0.05) is 17.7 Å². The Bertz CT molecular complexity index is 502. The SMILES string of the molecule is Cc1ccc(Oc2cccc(Cl)c2F)nn1. The van der Waals surface area contributed by atoms with E-state index in [4.69, 9.17) is 16.3 Å². The van der Waals surface area contributed by atoms with Gasteiger partial charge in [-0.15, -0.1) is 5.10 Å². The molecule has 0 bridgehead atoms. The molecule has 0 N–H and O–H groups in total. The molecular weight excluding hydrogens is 231 g/mol. The van der Waals surface area contributed by atoms with Crippen molar-refractivity contribution in [3.8, 4) is 11.6 Å². The molecule has 0 aliphatic rings. The van der Waals surface area contributed by atoms with Crippen LogP contribution in [0, 0.1) is 12.7 Å². The van der Waals surface area contributed by atoms with Crippen LogP contribution in [0.3, 0.4) is 0 Å². The van der Waals surface area contributed by atoms with Gasteiger partial charge in [-0.05, 0) is 25.1 Å². The Balaban J connectivity index is 2.27. The fraction of sp³-hybridized carbons (Fsp3) is 0.0909. The summed E-state index contributed by atoms with van der Waals surface area (Å²) in [4.78, 5) is 0. The Morgan fingerprint density at radius 2 is 2.00 bits per heavy atom. The van der Waals surface area contributed by atoms with Crippen LogP contribution in [0.2, 0.25) is 5.02 Å². The Labute approximate surface area is 96.8 Å². The molecule has 0 fully saturated rings. The summed E-state index contributed by atoms with van der Waals surface area (Å²) < 4.78 is 18.7. The summed E-state index contributed by atoms with van der Waals surface area (Å²) in [5, 5.41) is 7.57. The van der Waals surface area contributed by atoms with Gasteiger partial charge in [0.1, 0.15) is 0 Å². The number of hydrogen-bond acceptors (Lipinski definition) is 3. The first-order valence-corrected chi connectivity index (χ1v) is 4.97. The predicted octanol–water partition coefficient (Wildman–Crippen LogP) is 3.37. The van der Waals surface area contributed by atoms with Crippen molar-refractivity contribution >= 4 is 11.6 Å². The molecule has 0 radical (unpaired) electrons. The summed E-state index contributed by atoms with van der Waals surface area (Å²) in [6.07, 6.45) is 0. The van der Waals surface area contributed by atoms with E-state index in [1.807, 2.05) is 0 Å². The smallest absolute Gasteiger partial charge is 0.238 e. The lowest BCUT2D eigenvalue weighted by molar-refractivity contribution is 0.421. The molecular formula is C11H8ClFN2O. The van der Waals surface area contributed by atoms with Gasteiger partial charge in [-0.2, -0.15) is 5.10 Å². The van der Waals surface area contributed by atoms with Gasteiger partial charge >= 0.3 is 0 Å². The van der Waals surface area contributed by atoms with Crippen LogP contribution < -0.4 is 4.74 Å². The molecule has 0 unspecified atom stereocenters. The molecule has 1 aromatic heterocycles. The van der Waals surface area contributed by atoms with Crippen molar-refractivity contribution in [3.63, 3.8) is 0 Å². The number of halogens is 2. The fourth-order valence-electron chi connectivity index (χ4n) is 1.12. The standard InChI is InChI=1S/C11H8ClFN2O/c1-7-5-6-10(15-14-7)16-9-4-2-3-8(12)11(9)13/h2-6H,1H3. The van der Waals surface area contributed by atoms with Crippen molar-refractivity contribution in [2.75, 3.05) is 0 Å². The van der Waals surface area contributed by atoms with Crippen molar-refractivity contribution < 1.29 is 9.13 Å². The number of nitrogens with zero attached hydrogens (tertiary/aromatic N) is 2. The normalized spacial score (nSPS) is 10.2. The molecule has 0 aliphatic heterocycles. The van der Waals surface area contributed by atoms with Crippen molar-refractivity contribution in [2.45, 2.75) is 6.92 Å². The zero-order valence-electron chi connectivity index (χ0n) is 8.45. The van der Waals surface area contributed by atoms with E-state index in [0.717, 1.165) is 5.69 Å². The lowest BCUT2D eigenvalue weighted by Crippen LogP contribution is -1.93. The number of rotatable bonds is 2. The summed E-state index contributed by atoms with van der Waals surface area (Å²) >= 11 is 5.61. The molecule has 0 saturated heterocycles. The molecule has 2 aromatic rings. The average Bonchev–Trinajstić information content (AvgIpc) is 2.28. The van der Waals surface area contributed by atoms with Gasteiger partial charge in [0.15, 0.2) is 11.6 Å². The van der Waals surface area contributed by atoms with Gasteiger partial charge in [0.2, 0.25) is 5.88 Å². The van der Waals surface area contributed by atoms with Gasteiger partial charge in [-0.25, -0.2) is 4.39 Å². The minimum atomic E-state index is -0.605. The number of benzene rings is 1. The van der Waals surface area contributed by atoms with E-state index in [0.29, 0.717) is 0 Å². The molecule has 0 amide bonds. The highest BCUT2D eigenvalue weighted by Crippen LogP contribution is 2.27. The van der Waals surface area contributed by atoms with E-state index in [9.17, 15) is 4.39 Å². The minimum absolute atomic E-state index is 0.0116. The van der Waals surface area contributed by atoms with Gasteiger partial charge in [0, 0.05) is 6.07 Å². The molecule has 82 valence electrons. The molecule has 1 heterocycles. The van der Waals surface area contributed by atoms with E-state index in [-0.39, 0.29) is 16.7 Å². The second-order valence-electron chi connectivity index (χ2n) is 3.17. The second-order valence-corrected chi connectivity index (χ2v) is 3.57. The highest BCUT2D eigenvalue weighted by atomic mass is 35.5. The van der Waals surface area contributed by atoms with Crippen LogP contribution in [-0.4, -0.2) is 10.2 Å². The van der Waals surface area contributed by atoms with Crippen LogP contribution in [0.25, 0.3) is 0 Å². The zero-order valence-corrected chi connectivity index (χ0v) is 9.20. The molecule has 2 rings (SSSR count). The lowest BCUT2D eigenvalue weighted by atomic mass is 10.3. The highest BCUT2D eigenvalue weighted by Gasteiger charge is 2.08. The summed E-state index contributed by atoms with van der Waals surface area (Å²) in [5.74, 6) is -0.344. The van der Waals surface area contributed by atoms with Crippen LogP contribution >= 0.6 is 11.6 Å². The first-order chi connectivity index (χ1) is 7.66. The van der Waals surface area contributed by atoms with E-state index >= 15 is 0 Å². The third-order valence-electron chi connectivity index (χ3n) is 1.90. The van der Waals surface area contributed by atoms with Crippen LogP contribution in [-0.2, 0) is 0 Å². The summed E-state index contributed by atoms with van der Waals surface area (Å²) in [5.41, 5.74) is 0.763. The van der Waals surface area contributed by atoms with Crippen molar-refractivity contribution in [3.05, 3.63) is 46.9 Å². The molecule has 5 heteroatoms. The lowest BCUT2D eigenvalue weighted by Gasteiger charge is -2.05. The number of aryl methyl sites for hydroxylation is 1. The number of aromatic nitrogens is 2. The second kappa shape index (κ2) is 4.45. The Morgan fingerprint density at radius 3 is 2.69 bits per heavy atom. The molecule has 0 saturated carbocycles. The first-order valence-electron chi connectivity index (χ1n) is 4.59. The monoisotopic (exact) mass is 238 g/mol. The third kappa shape index (κ3) is 2.28. The van der Waals surface area contributed by atoms with Crippen LogP contribution in [0.4, 0.5) is 4.39 Å². The molecule has 16 heavy (non-hydrogen) atoms. The maximum atomic E-state index is 13.5. The molecule has 3 nitrogen and oxygen atoms in total. The van der Waals surface area contributed by atoms with E-state index in [1.165, 1.54) is 12.1 Å². The maximum Gasteiger partial charge on any atom is 0.238 e. The van der Waals surface area contributed by atoms with Crippen molar-refractivity contribution in [2.24, 2.45) is 0 Å². The third-order valence-corrected chi connectivity index (χ3v) is 2.20. The summed E-state index contributed by atoms with van der Waals surface area (Å²) in [7, 11) is 0. The van der Waals surface area contributed by atoms with Crippen LogP contribution in [0.5, 0.6) is 11.6 Å². The maximum absolute atomic E-state index is 13.5. The van der Waals surface area contributed by atoms with E-state index in [2.05, 4.69) is 10.2 Å². The predicted molar refractivity (Wildman–Crippen MR) is 58.3 cm³/mol. The average molecular weight is 239 g/mol. The Morgan fingerprint density at radius 1 is 1.19 bits per heavy atom. The van der Waals surface area contributed by atoms with Gasteiger partial charge in [0.25, 0.3) is 0 Å². The van der Waals surface area contributed by atoms with Crippen molar-refractivity contribution in [1.29, 1.82) is 0 Å². The van der Waals surface area contributed by atoms with E-state index < -0.39 is 5.82 Å². The Hall–Kier alpha value is -1.68. The number of ether oxygens (including phenoxy) is 1. The largest absolute Gasteiger partial charge is 0.434 e. The topological polar surface area (TPSA) is 35.0 Å². The summed E-state index contributed by atoms with van der Waals surface area (Å²) in [6.45, 7) is 1.80.